The molecule has 68 valence electrons. The predicted molar refractivity (Wildman–Crippen MR) is 54.1 cm³/mol. The SMILES string of the molecule is Cc1csc2cc(CO)cc(O)c12. The molecule has 0 aliphatic rings. The minimum Gasteiger partial charge on any atom is -0.507 e. The predicted octanol–water partition coefficient (Wildman–Crippen LogP) is 2.41. The van der Waals surface area contributed by atoms with Gasteiger partial charge in [-0.15, -0.1) is 11.3 Å². The van der Waals surface area contributed by atoms with Crippen molar-refractivity contribution >= 4 is 21.4 Å². The average molecular weight is 194 g/mol. The summed E-state index contributed by atoms with van der Waals surface area (Å²) in [5, 5.41) is 21.5. The van der Waals surface area contributed by atoms with Crippen LogP contribution in [0.25, 0.3) is 10.1 Å². The van der Waals surface area contributed by atoms with Crippen LogP contribution >= 0.6 is 11.3 Å². The number of aliphatic hydroxyl groups is 1. The first kappa shape index (κ1) is 8.53. The van der Waals surface area contributed by atoms with Crippen molar-refractivity contribution in [3.8, 4) is 5.75 Å². The van der Waals surface area contributed by atoms with E-state index in [-0.39, 0.29) is 12.4 Å². The van der Waals surface area contributed by atoms with Crippen LogP contribution in [0.1, 0.15) is 11.1 Å². The molecule has 3 heteroatoms. The molecule has 2 aromatic rings. The highest BCUT2D eigenvalue weighted by atomic mass is 32.1. The number of thiophene rings is 1. The van der Waals surface area contributed by atoms with Crippen molar-refractivity contribution in [2.24, 2.45) is 0 Å². The molecule has 2 rings (SSSR count). The van der Waals surface area contributed by atoms with Crippen molar-refractivity contribution in [1.82, 2.24) is 0 Å². The summed E-state index contributed by atoms with van der Waals surface area (Å²) in [6.07, 6.45) is 0. The van der Waals surface area contributed by atoms with E-state index in [1.165, 1.54) is 0 Å². The molecule has 1 aromatic heterocycles. The monoisotopic (exact) mass is 194 g/mol. The lowest BCUT2D eigenvalue weighted by molar-refractivity contribution is 0.281. The molecule has 0 radical (unpaired) electrons. The van der Waals surface area contributed by atoms with Gasteiger partial charge < -0.3 is 10.2 Å². The summed E-state index contributed by atoms with van der Waals surface area (Å²) in [6.45, 7) is 1.94. The maximum absolute atomic E-state index is 9.65. The fourth-order valence-electron chi connectivity index (χ4n) is 1.45. The van der Waals surface area contributed by atoms with Gasteiger partial charge in [-0.05, 0) is 35.6 Å². The Morgan fingerprint density at radius 2 is 2.15 bits per heavy atom. The molecule has 0 saturated heterocycles. The minimum absolute atomic E-state index is 0.0273. The maximum Gasteiger partial charge on any atom is 0.124 e. The van der Waals surface area contributed by atoms with Gasteiger partial charge in [-0.2, -0.15) is 0 Å². The Hall–Kier alpha value is -1.06. The lowest BCUT2D eigenvalue weighted by atomic mass is 10.1. The normalized spacial score (nSPS) is 10.9. The Morgan fingerprint density at radius 3 is 2.85 bits per heavy atom. The first-order valence-electron chi connectivity index (χ1n) is 4.03. The molecule has 1 heterocycles. The average Bonchev–Trinajstić information content (AvgIpc) is 2.48. The number of benzene rings is 1. The summed E-state index contributed by atoms with van der Waals surface area (Å²) in [6, 6.07) is 3.52. The molecular weight excluding hydrogens is 184 g/mol. The van der Waals surface area contributed by atoms with E-state index < -0.39 is 0 Å². The molecule has 0 bridgehead atoms. The van der Waals surface area contributed by atoms with E-state index in [4.69, 9.17) is 5.11 Å². The van der Waals surface area contributed by atoms with E-state index in [2.05, 4.69) is 0 Å². The number of aliphatic hydroxyl groups excluding tert-OH is 1. The largest absolute Gasteiger partial charge is 0.507 e. The Kier molecular flexibility index (Phi) is 1.98. The van der Waals surface area contributed by atoms with Crippen LogP contribution in [0.5, 0.6) is 5.75 Å². The van der Waals surface area contributed by atoms with Crippen LogP contribution in [-0.2, 0) is 6.61 Å². The Bertz CT molecular complexity index is 445. The van der Waals surface area contributed by atoms with Gasteiger partial charge in [-0.3, -0.25) is 0 Å². The number of hydrogen-bond acceptors (Lipinski definition) is 3. The topological polar surface area (TPSA) is 40.5 Å². The van der Waals surface area contributed by atoms with Gasteiger partial charge in [-0.1, -0.05) is 0 Å². The molecule has 0 atom stereocenters. The van der Waals surface area contributed by atoms with Crippen LogP contribution in [0.2, 0.25) is 0 Å². The van der Waals surface area contributed by atoms with Crippen molar-refractivity contribution in [1.29, 1.82) is 0 Å². The summed E-state index contributed by atoms with van der Waals surface area (Å²) in [4.78, 5) is 0. The number of aryl methyl sites for hydroxylation is 1. The second-order valence-electron chi connectivity index (χ2n) is 3.06. The minimum atomic E-state index is -0.0273. The Morgan fingerprint density at radius 1 is 1.38 bits per heavy atom. The molecule has 0 fully saturated rings. The molecule has 13 heavy (non-hydrogen) atoms. The van der Waals surface area contributed by atoms with E-state index in [0.29, 0.717) is 0 Å². The highest BCUT2D eigenvalue weighted by Crippen LogP contribution is 2.33. The van der Waals surface area contributed by atoms with Gasteiger partial charge in [0, 0.05) is 10.1 Å². The van der Waals surface area contributed by atoms with Crippen LogP contribution in [-0.4, -0.2) is 10.2 Å². The molecule has 0 unspecified atom stereocenters. The van der Waals surface area contributed by atoms with Gasteiger partial charge >= 0.3 is 0 Å². The van der Waals surface area contributed by atoms with Crippen molar-refractivity contribution in [2.45, 2.75) is 13.5 Å². The number of aromatic hydroxyl groups is 1. The molecule has 2 nitrogen and oxygen atoms in total. The molecule has 0 saturated carbocycles. The third kappa shape index (κ3) is 1.30. The summed E-state index contributed by atoms with van der Waals surface area (Å²) in [5.41, 5.74) is 1.84. The van der Waals surface area contributed by atoms with Crippen molar-refractivity contribution in [3.63, 3.8) is 0 Å². The van der Waals surface area contributed by atoms with E-state index in [9.17, 15) is 5.11 Å². The quantitative estimate of drug-likeness (QED) is 0.731. The molecule has 0 aliphatic heterocycles. The van der Waals surface area contributed by atoms with Crippen LogP contribution < -0.4 is 0 Å². The van der Waals surface area contributed by atoms with Crippen LogP contribution in [0.3, 0.4) is 0 Å². The van der Waals surface area contributed by atoms with Gasteiger partial charge in [0.1, 0.15) is 5.75 Å². The molecule has 0 spiro atoms. The van der Waals surface area contributed by atoms with E-state index >= 15 is 0 Å². The standard InChI is InChI=1S/C10H10O2S/c1-6-5-13-9-3-7(4-11)2-8(12)10(6)9/h2-3,5,11-12H,4H2,1H3. The first-order valence-corrected chi connectivity index (χ1v) is 4.91. The summed E-state index contributed by atoms with van der Waals surface area (Å²) >= 11 is 1.59. The van der Waals surface area contributed by atoms with Crippen LogP contribution in [0.4, 0.5) is 0 Å². The molecular formula is C10H10O2S. The molecule has 0 amide bonds. The third-order valence-corrected chi connectivity index (χ3v) is 3.13. The third-order valence-electron chi connectivity index (χ3n) is 2.08. The zero-order valence-corrected chi connectivity index (χ0v) is 8.06. The van der Waals surface area contributed by atoms with E-state index in [1.807, 2.05) is 18.4 Å². The zero-order chi connectivity index (χ0) is 9.42. The summed E-state index contributed by atoms with van der Waals surface area (Å²) in [5.74, 6) is 0.264. The fraction of sp³-hybridized carbons (Fsp3) is 0.200. The summed E-state index contributed by atoms with van der Waals surface area (Å²) < 4.78 is 1.03. The van der Waals surface area contributed by atoms with E-state index in [1.54, 1.807) is 17.4 Å². The van der Waals surface area contributed by atoms with Crippen molar-refractivity contribution < 1.29 is 10.2 Å². The number of fused-ring (bicyclic) bond motifs is 1. The lowest BCUT2D eigenvalue weighted by Crippen LogP contribution is -1.82. The number of rotatable bonds is 1. The molecule has 1 aromatic carbocycles. The number of phenolic OH excluding ortho intramolecular Hbond substituents is 1. The Labute approximate surface area is 80.1 Å². The van der Waals surface area contributed by atoms with Gasteiger partial charge in [0.2, 0.25) is 0 Å². The van der Waals surface area contributed by atoms with Crippen molar-refractivity contribution in [2.75, 3.05) is 0 Å². The van der Waals surface area contributed by atoms with Gasteiger partial charge in [0.05, 0.1) is 6.61 Å². The fourth-order valence-corrected chi connectivity index (χ4v) is 2.47. The molecule has 0 aliphatic carbocycles. The highest BCUT2D eigenvalue weighted by Gasteiger charge is 2.06. The van der Waals surface area contributed by atoms with Gasteiger partial charge in [-0.25, -0.2) is 0 Å². The maximum atomic E-state index is 9.65. The van der Waals surface area contributed by atoms with Gasteiger partial charge in [0.25, 0.3) is 0 Å². The zero-order valence-electron chi connectivity index (χ0n) is 7.24. The first-order chi connectivity index (χ1) is 6.22. The smallest absolute Gasteiger partial charge is 0.124 e. The van der Waals surface area contributed by atoms with E-state index in [0.717, 1.165) is 21.2 Å². The highest BCUT2D eigenvalue weighted by molar-refractivity contribution is 7.17. The number of hydrogen-bond donors (Lipinski definition) is 2. The van der Waals surface area contributed by atoms with Crippen molar-refractivity contribution in [3.05, 3.63) is 28.6 Å². The van der Waals surface area contributed by atoms with Crippen LogP contribution in [0, 0.1) is 6.92 Å². The van der Waals surface area contributed by atoms with Gasteiger partial charge in [0.15, 0.2) is 0 Å². The second-order valence-corrected chi connectivity index (χ2v) is 3.98. The summed E-state index contributed by atoms with van der Waals surface area (Å²) in [7, 11) is 0. The number of phenols is 1. The Balaban J connectivity index is 2.79. The van der Waals surface area contributed by atoms with Crippen LogP contribution in [0.15, 0.2) is 17.5 Å². The molecule has 2 N–H and O–H groups in total. The second kappa shape index (κ2) is 3.01. The lowest BCUT2D eigenvalue weighted by Gasteiger charge is -2.00.